The summed E-state index contributed by atoms with van der Waals surface area (Å²) in [5, 5.41) is 0. The Morgan fingerprint density at radius 1 is 0.352 bits per heavy atom. The zero-order valence-corrected chi connectivity index (χ0v) is 62.5. The van der Waals surface area contributed by atoms with Gasteiger partial charge in [-0.05, 0) is 227 Å². The van der Waals surface area contributed by atoms with Crippen molar-refractivity contribution < 1.29 is 104 Å². The minimum absolute atomic E-state index is 0.0867. The molecule has 7 aromatic rings. The fraction of sp³-hybridized carbons (Fsp3) is 0.326. The Bertz CT molecular complexity index is 4140. The summed E-state index contributed by atoms with van der Waals surface area (Å²) in [5.41, 5.74) is 3.38. The first-order valence-corrected chi connectivity index (χ1v) is 35.8. The van der Waals surface area contributed by atoms with E-state index in [1.165, 1.54) is 48.5 Å². The van der Waals surface area contributed by atoms with Crippen LogP contribution in [0.25, 0.3) is 11.1 Å². The first-order chi connectivity index (χ1) is 52.0. The number of carbonyl (C=O) groups is 8. The quantitative estimate of drug-likeness (QED) is 0.0151. The molecule has 0 saturated heterocycles. The number of rotatable bonds is 38. The topological polar surface area (TPSA) is 247 Å². The van der Waals surface area contributed by atoms with Crippen LogP contribution in [-0.2, 0) is 43.5 Å². The van der Waals surface area contributed by atoms with Crippen LogP contribution in [0.3, 0.4) is 0 Å². The number of esters is 8. The number of benzene rings is 7. The van der Waals surface area contributed by atoms with Crippen molar-refractivity contribution >= 4 is 47.8 Å². The Kier molecular flexibility index (Phi) is 38.2. The first-order valence-electron chi connectivity index (χ1n) is 35.8. The van der Waals surface area contributed by atoms with Gasteiger partial charge in [-0.15, -0.1) is 0 Å². The van der Waals surface area contributed by atoms with Gasteiger partial charge in [0.05, 0.1) is 48.7 Å². The molecule has 0 bridgehead atoms. The lowest BCUT2D eigenvalue weighted by molar-refractivity contribution is -0.138. The predicted molar refractivity (Wildman–Crippen MR) is 405 cm³/mol. The highest BCUT2D eigenvalue weighted by Gasteiger charge is 2.37. The third kappa shape index (κ3) is 29.5. The monoisotopic (exact) mass is 1490 g/mol. The molecule has 108 heavy (non-hydrogen) atoms. The van der Waals surface area contributed by atoms with E-state index >= 15 is 0 Å². The Hall–Kier alpha value is -11.4. The number of hydrogen-bond donors (Lipinski definition) is 0. The van der Waals surface area contributed by atoms with E-state index in [1.807, 2.05) is 13.8 Å². The van der Waals surface area contributed by atoms with Gasteiger partial charge in [-0.3, -0.25) is 0 Å². The van der Waals surface area contributed by atoms with E-state index in [0.29, 0.717) is 49.1 Å². The van der Waals surface area contributed by atoms with Gasteiger partial charge in [0.15, 0.2) is 0 Å². The molecule has 1 aliphatic carbocycles. The molecule has 22 heteroatoms. The summed E-state index contributed by atoms with van der Waals surface area (Å²) in [6.07, 6.45) is 15.4. The third-order valence-electron chi connectivity index (χ3n) is 15.7. The Balaban J connectivity index is 0.000000333. The van der Waals surface area contributed by atoms with Gasteiger partial charge in [0.1, 0.15) is 57.6 Å². The number of unbranched alkanes of at least 4 members (excludes halogenated alkanes) is 6. The normalized spacial score (nSPS) is 11.0. The fourth-order valence-corrected chi connectivity index (χ4v) is 10.1. The van der Waals surface area contributed by atoms with Crippen molar-refractivity contribution in [2.45, 2.75) is 131 Å². The van der Waals surface area contributed by atoms with Crippen molar-refractivity contribution in [3.05, 3.63) is 241 Å². The Labute approximate surface area is 630 Å². The average Bonchev–Trinajstić information content (AvgIpc) is 1.58. The van der Waals surface area contributed by atoms with Crippen molar-refractivity contribution in [1.29, 1.82) is 0 Å². The van der Waals surface area contributed by atoms with Crippen molar-refractivity contribution in [2.75, 3.05) is 52.9 Å². The molecular weight excluding hydrogens is 1390 g/mol. The van der Waals surface area contributed by atoms with E-state index in [0.717, 1.165) is 168 Å². The number of halogens is 2. The molecule has 0 fully saturated rings. The molecule has 0 spiro atoms. The largest absolute Gasteiger partial charge is 0.494 e. The molecule has 0 N–H and O–H groups in total. The van der Waals surface area contributed by atoms with E-state index in [2.05, 4.69) is 54.0 Å². The molecule has 0 aromatic heterocycles. The Morgan fingerprint density at radius 3 is 1.12 bits per heavy atom. The van der Waals surface area contributed by atoms with Crippen LogP contribution in [0.4, 0.5) is 8.78 Å². The number of carbonyl (C=O) groups excluding carboxylic acids is 8. The van der Waals surface area contributed by atoms with Crippen LogP contribution in [0.5, 0.6) is 46.0 Å². The van der Waals surface area contributed by atoms with E-state index in [9.17, 15) is 47.1 Å². The highest BCUT2D eigenvalue weighted by atomic mass is 19.1. The highest BCUT2D eigenvalue weighted by Crippen LogP contribution is 2.51. The summed E-state index contributed by atoms with van der Waals surface area (Å²) < 4.78 is 93.1. The lowest BCUT2D eigenvalue weighted by Crippen LogP contribution is -2.17. The predicted octanol–water partition coefficient (Wildman–Crippen LogP) is 18.3. The second kappa shape index (κ2) is 47.3. The number of hydrogen-bond acceptors (Lipinski definition) is 20. The lowest BCUT2D eigenvalue weighted by Gasteiger charge is -2.22. The van der Waals surface area contributed by atoms with Crippen LogP contribution < -0.4 is 37.9 Å². The maximum absolute atomic E-state index is 15.0. The summed E-state index contributed by atoms with van der Waals surface area (Å²) in [6.45, 7) is 32.7. The van der Waals surface area contributed by atoms with Crippen molar-refractivity contribution in [3.63, 3.8) is 0 Å². The molecule has 20 nitrogen and oxygen atoms in total. The van der Waals surface area contributed by atoms with Gasteiger partial charge in [-0.2, -0.15) is 0 Å². The van der Waals surface area contributed by atoms with E-state index < -0.39 is 64.8 Å². The van der Waals surface area contributed by atoms with Gasteiger partial charge in [0.2, 0.25) is 0 Å². The molecular formula is C86H96F2O20. The van der Waals surface area contributed by atoms with Gasteiger partial charge < -0.3 is 56.8 Å². The molecule has 7 aromatic carbocycles. The second-order valence-corrected chi connectivity index (χ2v) is 24.6. The van der Waals surface area contributed by atoms with Crippen molar-refractivity contribution in [2.24, 2.45) is 0 Å². The number of ether oxygens (including phenoxy) is 12. The van der Waals surface area contributed by atoms with E-state index in [-0.39, 0.29) is 51.2 Å². The molecule has 574 valence electrons. The summed E-state index contributed by atoms with van der Waals surface area (Å²) in [7, 11) is 0. The molecule has 0 radical (unpaired) electrons. The van der Waals surface area contributed by atoms with Gasteiger partial charge in [0, 0.05) is 68.3 Å². The standard InChI is InChI=1S/C41H36F2O9.C33H32O9.2C6H14O/c1-5-37(44)49-20-10-8-7-9-19-48-25-11-17-31(35(42)23-25)39(46)51-26-12-15-29-30-16-13-27(22-34(30)41(3,4)33(29)21-26)52-40(47)32-18-14-28(24-36(32)43)50-38(45)6-2;1-4-30(34)39-21-9-7-6-8-20-38-26-14-10-25(11-15-26)33(37)42-29-19-18-28(22-23(29)3)41-32(36)24-12-16-27(17-13-24)40-31(35)5-2;2*1-3-5-7-6-4-2/h5-6,11-18,21-24H,1-2,7-10,19-20H2,3-4H3;4-5,10-19,22H,1-2,6-9,20-21H2,3H3;2*3-6H2,1-2H3. The van der Waals surface area contributed by atoms with Gasteiger partial charge in [-0.1, -0.05) is 80.0 Å². The van der Waals surface area contributed by atoms with Gasteiger partial charge in [0.25, 0.3) is 0 Å². The van der Waals surface area contributed by atoms with Crippen molar-refractivity contribution in [1.82, 2.24) is 0 Å². The van der Waals surface area contributed by atoms with Crippen molar-refractivity contribution in [3.8, 4) is 57.1 Å². The zero-order chi connectivity index (χ0) is 78.8. The smallest absolute Gasteiger partial charge is 0.346 e. The van der Waals surface area contributed by atoms with Crippen LogP contribution in [0.2, 0.25) is 0 Å². The summed E-state index contributed by atoms with van der Waals surface area (Å²) in [6, 6.07) is 34.7. The zero-order valence-electron chi connectivity index (χ0n) is 62.5. The SMILES string of the molecule is C=CC(=O)OCCCCCCOc1ccc(C(=O)Oc2ccc(OC(=O)c3ccc(OC(=O)C=C)cc3)cc2C)cc1.C=CC(=O)OCCCCCCOc1ccc(C(=O)Oc2ccc3c(c2)C(C)(C)c2cc(OC(=O)c4ccc(OC(=O)C=C)cc4F)ccc2-3)c(F)c1.CCCOCCC.CCCOCCC. The third-order valence-corrected chi connectivity index (χ3v) is 15.7. The molecule has 1 aliphatic rings. The van der Waals surface area contributed by atoms with E-state index in [4.69, 9.17) is 56.8 Å². The second-order valence-electron chi connectivity index (χ2n) is 24.6. The average molecular weight is 1490 g/mol. The molecule has 0 aliphatic heterocycles. The number of aryl methyl sites for hydroxylation is 1. The minimum Gasteiger partial charge on any atom is -0.494 e. The molecule has 0 atom stereocenters. The fourth-order valence-electron chi connectivity index (χ4n) is 10.1. The van der Waals surface area contributed by atoms with Crippen LogP contribution in [0.15, 0.2) is 190 Å². The molecule has 0 amide bonds. The van der Waals surface area contributed by atoms with Gasteiger partial charge >= 0.3 is 47.8 Å². The van der Waals surface area contributed by atoms with Crippen LogP contribution in [0, 0.1) is 18.6 Å². The van der Waals surface area contributed by atoms with Crippen LogP contribution in [0.1, 0.15) is 177 Å². The maximum atomic E-state index is 15.0. The summed E-state index contributed by atoms with van der Waals surface area (Å²) in [4.78, 5) is 95.7. The molecule has 0 unspecified atom stereocenters. The lowest BCUT2D eigenvalue weighted by atomic mass is 9.82. The highest BCUT2D eigenvalue weighted by molar-refractivity contribution is 5.95. The summed E-state index contributed by atoms with van der Waals surface area (Å²) >= 11 is 0. The first kappa shape index (κ1) is 87.3. The van der Waals surface area contributed by atoms with Crippen LogP contribution in [-0.4, -0.2) is 101 Å². The molecule has 8 rings (SSSR count). The summed E-state index contributed by atoms with van der Waals surface area (Å²) in [5.74, 6) is -4.78. The minimum atomic E-state index is -0.939. The Morgan fingerprint density at radius 2 is 0.694 bits per heavy atom. The molecule has 0 saturated carbocycles. The maximum Gasteiger partial charge on any atom is 0.346 e. The van der Waals surface area contributed by atoms with E-state index in [1.54, 1.807) is 79.7 Å². The van der Waals surface area contributed by atoms with Crippen LogP contribution >= 0.6 is 0 Å². The number of fused-ring (bicyclic) bond motifs is 3. The molecule has 0 heterocycles. The van der Waals surface area contributed by atoms with Gasteiger partial charge in [-0.25, -0.2) is 47.1 Å².